The smallest absolute Gasteiger partial charge is 0.326 e. The second-order valence-corrected chi connectivity index (χ2v) is 7.64. The Morgan fingerprint density at radius 3 is 2.05 bits per heavy atom. The van der Waals surface area contributed by atoms with Gasteiger partial charge in [-0.05, 0) is 19.3 Å². The molecule has 7 nitrogen and oxygen atoms in total. The summed E-state index contributed by atoms with van der Waals surface area (Å²) in [5.41, 5.74) is -2.32. The number of hydrogen-bond donors (Lipinski definition) is 5. The van der Waals surface area contributed by atoms with Gasteiger partial charge in [-0.3, -0.25) is 9.46 Å². The van der Waals surface area contributed by atoms with Crippen LogP contribution in [0.4, 0.5) is 0 Å². The van der Waals surface area contributed by atoms with Crippen molar-refractivity contribution in [2.45, 2.75) is 63.4 Å². The van der Waals surface area contributed by atoms with Gasteiger partial charge in [0.2, 0.25) is 0 Å². The van der Waals surface area contributed by atoms with E-state index >= 15 is 0 Å². The molecule has 0 aliphatic carbocycles. The first kappa shape index (κ1) is 19.0. The number of hydrogen-bond acceptors (Lipinski definition) is 5. The summed E-state index contributed by atoms with van der Waals surface area (Å²) < 4.78 is 11.1. The predicted molar refractivity (Wildman–Crippen MR) is 79.1 cm³/mol. The Hall–Kier alpha value is -0.0100. The average Bonchev–Trinajstić information content (AvgIpc) is 2.42. The molecule has 0 spiro atoms. The van der Waals surface area contributed by atoms with E-state index in [4.69, 9.17) is 9.79 Å². The minimum Gasteiger partial charge on any atom is -0.389 e. The molecule has 0 aromatic heterocycles. The minimum absolute atomic E-state index is 0.0675. The summed E-state index contributed by atoms with van der Waals surface area (Å²) in [7, 11) is -4.16. The van der Waals surface area contributed by atoms with Gasteiger partial charge in [0.1, 0.15) is 11.7 Å². The number of piperidine rings is 1. The zero-order valence-corrected chi connectivity index (χ0v) is 13.8. The molecule has 0 radical (unpaired) electrons. The second-order valence-electron chi connectivity index (χ2n) is 5.86. The monoisotopic (exact) mass is 325 g/mol. The van der Waals surface area contributed by atoms with Crippen LogP contribution in [-0.4, -0.2) is 72.6 Å². The highest BCUT2D eigenvalue weighted by atomic mass is 31.2. The fourth-order valence-corrected chi connectivity index (χ4v) is 4.27. The van der Waals surface area contributed by atoms with Crippen molar-refractivity contribution in [3.05, 3.63) is 0 Å². The highest BCUT2D eigenvalue weighted by molar-refractivity contribution is 7.51. The van der Waals surface area contributed by atoms with Crippen LogP contribution in [0.25, 0.3) is 0 Å². The molecular weight excluding hydrogens is 297 g/mol. The molecule has 0 amide bonds. The third-order valence-corrected chi connectivity index (χ3v) is 5.82. The molecule has 3 atom stereocenters. The van der Waals surface area contributed by atoms with Gasteiger partial charge in [-0.1, -0.05) is 20.8 Å². The van der Waals surface area contributed by atoms with Crippen LogP contribution < -0.4 is 0 Å². The SMILES string of the molecule is CCC1(O)C(O)C(O)CN(CCP(=O)(O)O)C1(CC)CC. The van der Waals surface area contributed by atoms with Crippen molar-refractivity contribution >= 4 is 7.60 Å². The largest absolute Gasteiger partial charge is 0.389 e. The van der Waals surface area contributed by atoms with Crippen LogP contribution in [0.15, 0.2) is 0 Å². The van der Waals surface area contributed by atoms with Gasteiger partial charge in [-0.15, -0.1) is 0 Å². The van der Waals surface area contributed by atoms with Gasteiger partial charge in [0, 0.05) is 13.1 Å². The second kappa shape index (κ2) is 6.62. The number of aliphatic hydroxyl groups excluding tert-OH is 2. The van der Waals surface area contributed by atoms with Crippen LogP contribution in [0.5, 0.6) is 0 Å². The van der Waals surface area contributed by atoms with Gasteiger partial charge in [-0.2, -0.15) is 0 Å². The summed E-state index contributed by atoms with van der Waals surface area (Å²) in [4.78, 5) is 19.9. The lowest BCUT2D eigenvalue weighted by Crippen LogP contribution is -2.76. The fourth-order valence-electron chi connectivity index (χ4n) is 3.77. The normalized spacial score (nSPS) is 34.1. The van der Waals surface area contributed by atoms with Crippen molar-refractivity contribution in [1.29, 1.82) is 0 Å². The molecule has 0 aromatic rings. The van der Waals surface area contributed by atoms with E-state index in [2.05, 4.69) is 0 Å². The first-order valence-electron chi connectivity index (χ1n) is 7.46. The van der Waals surface area contributed by atoms with Crippen LogP contribution in [0.3, 0.4) is 0 Å². The first-order valence-corrected chi connectivity index (χ1v) is 9.25. The van der Waals surface area contributed by atoms with E-state index in [1.165, 1.54) is 0 Å². The van der Waals surface area contributed by atoms with Crippen molar-refractivity contribution in [1.82, 2.24) is 4.90 Å². The summed E-state index contributed by atoms with van der Waals surface area (Å²) in [6.45, 7) is 5.64. The molecule has 0 bridgehead atoms. The van der Waals surface area contributed by atoms with E-state index in [9.17, 15) is 19.9 Å². The number of β-amino-alcohol motifs (C(OH)–C–C–N with tert-alkyl or cyclic N) is 1. The maximum atomic E-state index is 11.1. The highest BCUT2D eigenvalue weighted by Gasteiger charge is 2.60. The standard InChI is InChI=1S/C13H28NO6P/c1-4-12(5-2)13(17,6-3)11(16)10(15)9-14(12)7-8-21(18,19)20/h10-11,15-17H,4-9H2,1-3H3,(H2,18,19,20). The predicted octanol–water partition coefficient (Wildman–Crippen LogP) is -0.0986. The topological polar surface area (TPSA) is 121 Å². The molecule has 5 N–H and O–H groups in total. The molecule has 126 valence electrons. The maximum Gasteiger partial charge on any atom is 0.326 e. The summed E-state index contributed by atoms with van der Waals surface area (Å²) >= 11 is 0. The highest BCUT2D eigenvalue weighted by Crippen LogP contribution is 2.45. The Morgan fingerprint density at radius 1 is 1.14 bits per heavy atom. The van der Waals surface area contributed by atoms with E-state index in [1.54, 1.807) is 11.8 Å². The molecule has 0 aromatic carbocycles. The maximum absolute atomic E-state index is 11.1. The molecule has 8 heteroatoms. The Balaban J connectivity index is 3.18. The molecule has 21 heavy (non-hydrogen) atoms. The van der Waals surface area contributed by atoms with Crippen LogP contribution in [0.2, 0.25) is 0 Å². The first-order chi connectivity index (χ1) is 9.58. The Bertz CT molecular complexity index is 396. The zero-order valence-electron chi connectivity index (χ0n) is 12.9. The van der Waals surface area contributed by atoms with E-state index < -0.39 is 30.9 Å². The fraction of sp³-hybridized carbons (Fsp3) is 1.00. The lowest BCUT2D eigenvalue weighted by Gasteiger charge is -2.59. The van der Waals surface area contributed by atoms with Crippen LogP contribution in [0, 0.1) is 0 Å². The minimum atomic E-state index is -4.16. The van der Waals surface area contributed by atoms with Crippen molar-refractivity contribution < 1.29 is 29.7 Å². The molecule has 1 rings (SSSR count). The van der Waals surface area contributed by atoms with Gasteiger partial charge < -0.3 is 25.1 Å². The van der Waals surface area contributed by atoms with Gasteiger partial charge in [0.25, 0.3) is 0 Å². The lowest BCUT2D eigenvalue weighted by molar-refractivity contribution is -0.240. The van der Waals surface area contributed by atoms with Crippen LogP contribution in [0.1, 0.15) is 40.0 Å². The molecule has 3 unspecified atom stereocenters. The molecule has 1 aliphatic heterocycles. The Morgan fingerprint density at radius 2 is 1.67 bits per heavy atom. The molecule has 0 saturated carbocycles. The zero-order chi connectivity index (χ0) is 16.5. The number of aliphatic hydroxyl groups is 3. The number of nitrogens with zero attached hydrogens (tertiary/aromatic N) is 1. The lowest BCUT2D eigenvalue weighted by atomic mass is 9.65. The van der Waals surface area contributed by atoms with Crippen molar-refractivity contribution in [3.63, 3.8) is 0 Å². The van der Waals surface area contributed by atoms with E-state index in [0.29, 0.717) is 12.8 Å². The average molecular weight is 325 g/mol. The van der Waals surface area contributed by atoms with E-state index in [1.807, 2.05) is 13.8 Å². The summed E-state index contributed by atoms with van der Waals surface area (Å²) in [5.74, 6) is 0. The van der Waals surface area contributed by atoms with Gasteiger partial charge in [-0.25, -0.2) is 0 Å². The van der Waals surface area contributed by atoms with E-state index in [0.717, 1.165) is 0 Å². The van der Waals surface area contributed by atoms with Gasteiger partial charge in [0.15, 0.2) is 0 Å². The number of rotatable bonds is 6. The summed E-state index contributed by atoms with van der Waals surface area (Å²) in [5, 5.41) is 31.3. The van der Waals surface area contributed by atoms with Gasteiger partial charge >= 0.3 is 7.60 Å². The third-order valence-electron chi connectivity index (χ3n) is 5.04. The van der Waals surface area contributed by atoms with Crippen LogP contribution in [-0.2, 0) is 4.57 Å². The van der Waals surface area contributed by atoms with Gasteiger partial charge in [0.05, 0.1) is 17.8 Å². The van der Waals surface area contributed by atoms with E-state index in [-0.39, 0.29) is 25.7 Å². The van der Waals surface area contributed by atoms with Crippen molar-refractivity contribution in [3.8, 4) is 0 Å². The van der Waals surface area contributed by atoms with Crippen molar-refractivity contribution in [2.24, 2.45) is 0 Å². The molecular formula is C13H28NO6P. The Labute approximate surface area is 125 Å². The third kappa shape index (κ3) is 3.34. The summed E-state index contributed by atoms with van der Waals surface area (Å²) in [6.07, 6.45) is -1.47. The van der Waals surface area contributed by atoms with Crippen LogP contribution >= 0.6 is 7.60 Å². The van der Waals surface area contributed by atoms with Crippen molar-refractivity contribution in [2.75, 3.05) is 19.3 Å². The Kier molecular flexibility index (Phi) is 6.00. The molecule has 1 heterocycles. The quantitative estimate of drug-likeness (QED) is 0.432. The molecule has 1 aliphatic rings. The number of likely N-dealkylation sites (tertiary alicyclic amines) is 1. The summed E-state index contributed by atoms with van der Waals surface area (Å²) in [6, 6.07) is 0. The molecule has 1 saturated heterocycles. The molecule has 1 fully saturated rings.